The summed E-state index contributed by atoms with van der Waals surface area (Å²) in [7, 11) is 1.62. The van der Waals surface area contributed by atoms with Gasteiger partial charge in [0.15, 0.2) is 5.96 Å². The average molecular weight is 435 g/mol. The van der Waals surface area contributed by atoms with Crippen LogP contribution in [0, 0.1) is 0 Å². The molecule has 3 N–H and O–H groups in total. The van der Waals surface area contributed by atoms with E-state index in [-0.39, 0.29) is 29.9 Å². The van der Waals surface area contributed by atoms with Crippen LogP contribution in [0.2, 0.25) is 0 Å². The molecule has 1 aromatic rings. The summed E-state index contributed by atoms with van der Waals surface area (Å²) in [5.41, 5.74) is 6.62. The van der Waals surface area contributed by atoms with Crippen molar-refractivity contribution >= 4 is 35.9 Å². The summed E-state index contributed by atoms with van der Waals surface area (Å²) in [5.74, 6) is 0.00393. The summed E-state index contributed by atoms with van der Waals surface area (Å²) in [6.07, 6.45) is 0. The normalized spacial score (nSPS) is 11.6. The van der Waals surface area contributed by atoms with Gasteiger partial charge < -0.3 is 20.5 Å². The Morgan fingerprint density at radius 3 is 2.65 bits per heavy atom. The van der Waals surface area contributed by atoms with Crippen LogP contribution in [0.15, 0.2) is 29.3 Å². The van der Waals surface area contributed by atoms with Crippen LogP contribution in [0.5, 0.6) is 0 Å². The number of halogens is 1. The predicted octanol–water partition coefficient (Wildman–Crippen LogP) is 2.31. The Balaban J connectivity index is 0.00000484. The fourth-order valence-corrected chi connectivity index (χ4v) is 1.65. The quantitative estimate of drug-likeness (QED) is 0.236. The maximum Gasteiger partial charge on any atom is 0.338 e. The number of nitrogens with zero attached hydrogens (tertiary/aromatic N) is 1. The van der Waals surface area contributed by atoms with Crippen LogP contribution in [0.1, 0.15) is 36.7 Å². The number of methoxy groups -OCH3 is 1. The molecule has 0 radical (unpaired) electrons. The van der Waals surface area contributed by atoms with E-state index in [1.807, 2.05) is 26.8 Å². The Morgan fingerprint density at radius 2 is 2.04 bits per heavy atom. The fraction of sp³-hybridized carbons (Fsp3) is 0.500. The molecule has 0 bridgehead atoms. The van der Waals surface area contributed by atoms with Crippen molar-refractivity contribution in [2.24, 2.45) is 10.7 Å². The van der Waals surface area contributed by atoms with E-state index in [1.54, 1.807) is 25.3 Å². The number of ether oxygens (including phenoxy) is 2. The monoisotopic (exact) mass is 435 g/mol. The zero-order valence-corrected chi connectivity index (χ0v) is 16.4. The third kappa shape index (κ3) is 9.39. The van der Waals surface area contributed by atoms with Gasteiger partial charge in [-0.25, -0.2) is 9.79 Å². The zero-order valence-electron chi connectivity index (χ0n) is 14.1. The highest BCUT2D eigenvalue weighted by Gasteiger charge is 2.17. The van der Waals surface area contributed by atoms with Crippen LogP contribution in [0.4, 0.5) is 0 Å². The molecule has 1 aromatic carbocycles. The maximum absolute atomic E-state index is 12.0. The second-order valence-electron chi connectivity index (χ2n) is 5.82. The number of carbonyl (C=O) groups is 1. The first-order chi connectivity index (χ1) is 10.3. The summed E-state index contributed by atoms with van der Waals surface area (Å²) in [6.45, 7) is 7.07. The average Bonchev–Trinajstić information content (AvgIpc) is 2.44. The summed E-state index contributed by atoms with van der Waals surface area (Å²) < 4.78 is 10.3. The van der Waals surface area contributed by atoms with Gasteiger partial charge in [-0.15, -0.1) is 24.0 Å². The third-order valence-corrected chi connectivity index (χ3v) is 2.61. The van der Waals surface area contributed by atoms with E-state index in [0.717, 1.165) is 5.56 Å². The molecule has 23 heavy (non-hydrogen) atoms. The number of carbonyl (C=O) groups excluding carboxylic acids is 1. The lowest BCUT2D eigenvalue weighted by Gasteiger charge is -2.19. The molecular weight excluding hydrogens is 409 g/mol. The summed E-state index contributed by atoms with van der Waals surface area (Å²) in [5, 5.41) is 2.93. The fourth-order valence-electron chi connectivity index (χ4n) is 1.65. The highest BCUT2D eigenvalue weighted by molar-refractivity contribution is 14.0. The van der Waals surface area contributed by atoms with Crippen LogP contribution < -0.4 is 11.1 Å². The third-order valence-electron chi connectivity index (χ3n) is 2.61. The van der Waals surface area contributed by atoms with Crippen LogP contribution in [0.25, 0.3) is 0 Å². The van der Waals surface area contributed by atoms with Gasteiger partial charge in [0, 0.05) is 13.7 Å². The minimum absolute atomic E-state index is 0. The van der Waals surface area contributed by atoms with Crippen LogP contribution in [0.3, 0.4) is 0 Å². The minimum atomic E-state index is -0.513. The Bertz CT molecular complexity index is 528. The number of esters is 1. The van der Waals surface area contributed by atoms with Gasteiger partial charge in [-0.1, -0.05) is 12.1 Å². The molecule has 0 aliphatic carbocycles. The molecule has 6 nitrogen and oxygen atoms in total. The predicted molar refractivity (Wildman–Crippen MR) is 102 cm³/mol. The highest BCUT2D eigenvalue weighted by Crippen LogP contribution is 2.13. The number of rotatable bonds is 6. The Morgan fingerprint density at radius 1 is 1.35 bits per heavy atom. The van der Waals surface area contributed by atoms with Crippen molar-refractivity contribution in [3.05, 3.63) is 35.4 Å². The summed E-state index contributed by atoms with van der Waals surface area (Å²) >= 11 is 0. The standard InChI is InChI=1S/C16H25N3O3.HI/c1-16(2,3)22-14(20)13-7-5-6-12(10-13)11-19-15(17)18-8-9-21-4;/h5-7,10H,8-9,11H2,1-4H3,(H3,17,18,19);1H. The first-order valence-corrected chi connectivity index (χ1v) is 7.17. The van der Waals surface area contributed by atoms with Crippen molar-refractivity contribution in [3.8, 4) is 0 Å². The summed E-state index contributed by atoms with van der Waals surface area (Å²) in [4.78, 5) is 16.2. The van der Waals surface area contributed by atoms with E-state index in [2.05, 4.69) is 10.3 Å². The molecule has 0 saturated heterocycles. The van der Waals surface area contributed by atoms with Crippen molar-refractivity contribution in [1.29, 1.82) is 0 Å². The van der Waals surface area contributed by atoms with Crippen LogP contribution in [-0.4, -0.2) is 37.8 Å². The molecule has 0 fully saturated rings. The number of guanidine groups is 1. The van der Waals surface area contributed by atoms with Crippen LogP contribution >= 0.6 is 24.0 Å². The van der Waals surface area contributed by atoms with Crippen molar-refractivity contribution < 1.29 is 14.3 Å². The lowest BCUT2D eigenvalue weighted by atomic mass is 10.1. The molecule has 0 aliphatic rings. The largest absolute Gasteiger partial charge is 0.456 e. The molecule has 0 spiro atoms. The van der Waals surface area contributed by atoms with E-state index in [1.165, 1.54) is 0 Å². The molecule has 0 aromatic heterocycles. The van der Waals surface area contributed by atoms with Gasteiger partial charge in [-0.3, -0.25) is 0 Å². The molecule has 0 amide bonds. The van der Waals surface area contributed by atoms with Crippen molar-refractivity contribution in [1.82, 2.24) is 5.32 Å². The van der Waals surface area contributed by atoms with E-state index in [0.29, 0.717) is 31.2 Å². The molecule has 0 unspecified atom stereocenters. The second-order valence-corrected chi connectivity index (χ2v) is 5.82. The SMILES string of the molecule is COCCNC(N)=NCc1cccc(C(=O)OC(C)(C)C)c1.I. The Labute approximate surface area is 154 Å². The van der Waals surface area contributed by atoms with Crippen LogP contribution in [-0.2, 0) is 16.0 Å². The molecule has 7 heteroatoms. The first kappa shape index (κ1) is 21.6. The number of hydrogen-bond acceptors (Lipinski definition) is 4. The molecule has 0 aliphatic heterocycles. The molecular formula is C16H26IN3O3. The number of hydrogen-bond donors (Lipinski definition) is 2. The lowest BCUT2D eigenvalue weighted by Crippen LogP contribution is -2.34. The van der Waals surface area contributed by atoms with Crippen molar-refractivity contribution in [2.75, 3.05) is 20.3 Å². The van der Waals surface area contributed by atoms with E-state index in [9.17, 15) is 4.79 Å². The molecule has 1 rings (SSSR count). The number of benzene rings is 1. The smallest absolute Gasteiger partial charge is 0.338 e. The Hall–Kier alpha value is -1.35. The van der Waals surface area contributed by atoms with Gasteiger partial charge in [0.2, 0.25) is 0 Å². The lowest BCUT2D eigenvalue weighted by molar-refractivity contribution is 0.00694. The van der Waals surface area contributed by atoms with Gasteiger partial charge in [0.25, 0.3) is 0 Å². The first-order valence-electron chi connectivity index (χ1n) is 7.17. The molecule has 0 atom stereocenters. The van der Waals surface area contributed by atoms with Gasteiger partial charge in [0.05, 0.1) is 18.7 Å². The van der Waals surface area contributed by atoms with E-state index in [4.69, 9.17) is 15.2 Å². The van der Waals surface area contributed by atoms with Crippen molar-refractivity contribution in [3.63, 3.8) is 0 Å². The number of aliphatic imine (C=N–C) groups is 1. The Kier molecular flexibility index (Phi) is 9.82. The summed E-state index contributed by atoms with van der Waals surface area (Å²) in [6, 6.07) is 7.18. The molecule has 130 valence electrons. The number of nitrogens with two attached hydrogens (primary N) is 1. The zero-order chi connectivity index (χ0) is 16.6. The van der Waals surface area contributed by atoms with E-state index < -0.39 is 5.60 Å². The van der Waals surface area contributed by atoms with Gasteiger partial charge >= 0.3 is 5.97 Å². The van der Waals surface area contributed by atoms with Gasteiger partial charge in [-0.2, -0.15) is 0 Å². The number of nitrogens with one attached hydrogen (secondary N) is 1. The van der Waals surface area contributed by atoms with Gasteiger partial charge in [0.1, 0.15) is 5.60 Å². The van der Waals surface area contributed by atoms with E-state index >= 15 is 0 Å². The maximum atomic E-state index is 12.0. The second kappa shape index (κ2) is 10.4. The molecule has 0 heterocycles. The van der Waals surface area contributed by atoms with Gasteiger partial charge in [-0.05, 0) is 38.5 Å². The van der Waals surface area contributed by atoms with Crippen molar-refractivity contribution in [2.45, 2.75) is 32.9 Å². The molecule has 0 saturated carbocycles. The minimum Gasteiger partial charge on any atom is -0.456 e. The topological polar surface area (TPSA) is 85.9 Å². The highest BCUT2D eigenvalue weighted by atomic mass is 127.